The van der Waals surface area contributed by atoms with Gasteiger partial charge in [-0.05, 0) is 37.1 Å². The molecule has 0 saturated carbocycles. The highest BCUT2D eigenvalue weighted by atomic mass is 35.5. The number of halogens is 5. The molecule has 1 atom stereocenters. The summed E-state index contributed by atoms with van der Waals surface area (Å²) in [4.78, 5) is 48.3. The van der Waals surface area contributed by atoms with E-state index in [4.69, 9.17) is 16.3 Å². The Morgan fingerprint density at radius 1 is 1.12 bits per heavy atom. The third-order valence-corrected chi connectivity index (χ3v) is 8.36. The van der Waals surface area contributed by atoms with Crippen molar-refractivity contribution in [3.63, 3.8) is 0 Å². The minimum atomic E-state index is -4.64. The number of anilines is 1. The molecule has 3 aliphatic rings. The van der Waals surface area contributed by atoms with E-state index in [2.05, 4.69) is 15.2 Å². The van der Waals surface area contributed by atoms with Crippen molar-refractivity contribution in [2.24, 2.45) is 0 Å². The molecule has 41 heavy (non-hydrogen) atoms. The van der Waals surface area contributed by atoms with Crippen molar-refractivity contribution in [3.8, 4) is 0 Å². The number of benzene rings is 1. The third kappa shape index (κ3) is 4.58. The highest BCUT2D eigenvalue weighted by Crippen LogP contribution is 2.51. The quantitative estimate of drug-likeness (QED) is 0.467. The number of aromatic amines is 1. The lowest BCUT2D eigenvalue weighted by molar-refractivity contribution is -0.236. The molecular formula is C26H23ClF4N6O4. The van der Waals surface area contributed by atoms with Gasteiger partial charge >= 0.3 is 6.18 Å². The first-order valence-electron chi connectivity index (χ1n) is 12.9. The van der Waals surface area contributed by atoms with Gasteiger partial charge in [0, 0.05) is 25.2 Å². The predicted octanol–water partition coefficient (Wildman–Crippen LogP) is 3.06. The number of nitrogens with zero attached hydrogens (tertiary/aromatic N) is 5. The number of amides is 3. The Kier molecular flexibility index (Phi) is 6.64. The molecule has 10 nitrogen and oxygen atoms in total. The summed E-state index contributed by atoms with van der Waals surface area (Å²) in [6, 6.07) is 5.68. The Morgan fingerprint density at radius 3 is 2.61 bits per heavy atom. The van der Waals surface area contributed by atoms with Crippen LogP contribution >= 0.6 is 11.6 Å². The van der Waals surface area contributed by atoms with E-state index in [1.54, 1.807) is 17.0 Å². The Hall–Kier alpha value is -3.78. The van der Waals surface area contributed by atoms with Gasteiger partial charge < -0.3 is 19.4 Å². The average molecular weight is 595 g/mol. The van der Waals surface area contributed by atoms with E-state index in [0.29, 0.717) is 11.0 Å². The zero-order chi connectivity index (χ0) is 29.1. The number of H-pyrrole nitrogens is 1. The van der Waals surface area contributed by atoms with E-state index in [0.717, 1.165) is 15.9 Å². The topological polar surface area (TPSA) is 112 Å². The maximum atomic E-state index is 14.7. The molecule has 1 spiro atoms. The van der Waals surface area contributed by atoms with Gasteiger partial charge in [-0.15, -0.1) is 0 Å². The fourth-order valence-electron chi connectivity index (χ4n) is 5.83. The second kappa shape index (κ2) is 9.94. The number of carbonyl (C=O) groups excluding carboxylic acids is 3. The molecule has 0 radical (unpaired) electrons. The number of rotatable bonds is 3. The molecule has 1 aromatic carbocycles. The molecule has 1 unspecified atom stereocenters. The van der Waals surface area contributed by atoms with Gasteiger partial charge in [-0.2, -0.15) is 18.3 Å². The van der Waals surface area contributed by atoms with Crippen LogP contribution in [0.4, 0.5) is 23.2 Å². The number of carbonyl (C=O) groups is 3. The van der Waals surface area contributed by atoms with Crippen molar-refractivity contribution in [3.05, 3.63) is 52.6 Å². The van der Waals surface area contributed by atoms with E-state index in [1.165, 1.54) is 12.3 Å². The van der Waals surface area contributed by atoms with Gasteiger partial charge in [-0.25, -0.2) is 9.37 Å². The Morgan fingerprint density at radius 2 is 1.88 bits per heavy atom. The van der Waals surface area contributed by atoms with Crippen molar-refractivity contribution < 1.29 is 36.7 Å². The summed E-state index contributed by atoms with van der Waals surface area (Å²) in [6.45, 7) is -1.35. The van der Waals surface area contributed by atoms with Crippen LogP contribution < -0.4 is 4.90 Å². The molecule has 0 aliphatic carbocycles. The SMILES string of the molecule is O=C(CN1C(=O)C2(CCN(C(=O)c3ccc4[nH]ncc4n3)CC2)c2c1ccc(F)c2Cl)N1CCOC(C(F)(F)F)C1. The van der Waals surface area contributed by atoms with E-state index >= 15 is 0 Å². The highest BCUT2D eigenvalue weighted by Gasteiger charge is 2.55. The van der Waals surface area contributed by atoms with Crippen LogP contribution in [0.3, 0.4) is 0 Å². The largest absolute Gasteiger partial charge is 0.416 e. The summed E-state index contributed by atoms with van der Waals surface area (Å²) in [6.07, 6.45) is -5.07. The molecule has 3 amide bonds. The highest BCUT2D eigenvalue weighted by molar-refractivity contribution is 6.33. The molecule has 1 N–H and O–H groups in total. The molecule has 3 aliphatic heterocycles. The number of morpholine rings is 1. The van der Waals surface area contributed by atoms with Crippen molar-refractivity contribution in [2.45, 2.75) is 30.5 Å². The molecule has 5 heterocycles. The van der Waals surface area contributed by atoms with Gasteiger partial charge in [0.15, 0.2) is 6.10 Å². The van der Waals surface area contributed by atoms with Crippen LogP contribution in [-0.2, 0) is 19.7 Å². The van der Waals surface area contributed by atoms with E-state index in [9.17, 15) is 31.9 Å². The number of alkyl halides is 3. The average Bonchev–Trinajstić information content (AvgIpc) is 3.52. The maximum Gasteiger partial charge on any atom is 0.416 e. The lowest BCUT2D eigenvalue weighted by Gasteiger charge is -2.39. The summed E-state index contributed by atoms with van der Waals surface area (Å²) in [5.41, 5.74) is 0.525. The van der Waals surface area contributed by atoms with Crippen molar-refractivity contribution in [2.75, 3.05) is 44.2 Å². The first-order chi connectivity index (χ1) is 19.5. The molecule has 6 rings (SSSR count). The zero-order valence-corrected chi connectivity index (χ0v) is 22.1. The van der Waals surface area contributed by atoms with Crippen molar-refractivity contribution >= 4 is 46.0 Å². The predicted molar refractivity (Wildman–Crippen MR) is 137 cm³/mol. The molecule has 2 aromatic heterocycles. The molecule has 0 bridgehead atoms. The number of likely N-dealkylation sites (tertiary alicyclic amines) is 1. The number of aromatic nitrogens is 3. The monoisotopic (exact) mass is 594 g/mol. The van der Waals surface area contributed by atoms with Crippen LogP contribution in [0.25, 0.3) is 11.0 Å². The van der Waals surface area contributed by atoms with Crippen molar-refractivity contribution in [1.29, 1.82) is 0 Å². The third-order valence-electron chi connectivity index (χ3n) is 7.99. The lowest BCUT2D eigenvalue weighted by Crippen LogP contribution is -2.55. The minimum Gasteiger partial charge on any atom is -0.365 e. The van der Waals surface area contributed by atoms with Gasteiger partial charge in [0.25, 0.3) is 5.91 Å². The van der Waals surface area contributed by atoms with Gasteiger partial charge in [-0.3, -0.25) is 19.5 Å². The number of nitrogens with one attached hydrogen (secondary N) is 1. The summed E-state index contributed by atoms with van der Waals surface area (Å²) in [5.74, 6) is -2.31. The summed E-state index contributed by atoms with van der Waals surface area (Å²) in [7, 11) is 0. The standard InChI is InChI=1S/C26H23ClF4N6O4/c27-22-14(28)1-4-18-21(22)25(24(40)37(18)13-20(38)36-9-10-41-19(12-36)26(29,30)31)5-7-35(8-6-25)23(39)16-3-2-15-17(33-16)11-32-34-15/h1-4,11,19H,5-10,12-13H2,(H,32,34). The number of piperidine rings is 1. The second-order valence-corrected chi connectivity index (χ2v) is 10.6. The van der Waals surface area contributed by atoms with Gasteiger partial charge in [-0.1, -0.05) is 11.6 Å². The Bertz CT molecular complexity index is 1550. The molecular weight excluding hydrogens is 572 g/mol. The Labute approximate surface area is 235 Å². The summed E-state index contributed by atoms with van der Waals surface area (Å²) in [5, 5.41) is 6.40. The fraction of sp³-hybridized carbons (Fsp3) is 0.423. The minimum absolute atomic E-state index is 0.0642. The van der Waals surface area contributed by atoms with Crippen LogP contribution in [0.5, 0.6) is 0 Å². The van der Waals surface area contributed by atoms with Gasteiger partial charge in [0.1, 0.15) is 23.6 Å². The van der Waals surface area contributed by atoms with E-state index in [1.807, 2.05) is 0 Å². The zero-order valence-electron chi connectivity index (χ0n) is 21.4. The van der Waals surface area contributed by atoms with Crippen LogP contribution in [0.1, 0.15) is 28.9 Å². The first kappa shape index (κ1) is 27.4. The number of hydrogen-bond acceptors (Lipinski definition) is 6. The molecule has 3 aromatic rings. The van der Waals surface area contributed by atoms with Crippen LogP contribution in [0, 0.1) is 5.82 Å². The van der Waals surface area contributed by atoms with Crippen molar-refractivity contribution in [1.82, 2.24) is 25.0 Å². The number of fused-ring (bicyclic) bond motifs is 3. The molecule has 2 fully saturated rings. The molecule has 2 saturated heterocycles. The lowest BCUT2D eigenvalue weighted by atomic mass is 9.73. The molecule has 216 valence electrons. The van der Waals surface area contributed by atoms with Gasteiger partial charge in [0.2, 0.25) is 11.8 Å². The fourth-order valence-corrected chi connectivity index (χ4v) is 6.17. The Balaban J connectivity index is 1.24. The van der Waals surface area contributed by atoms with E-state index in [-0.39, 0.29) is 67.0 Å². The molecule has 15 heteroatoms. The van der Waals surface area contributed by atoms with Gasteiger partial charge in [0.05, 0.1) is 41.0 Å². The summed E-state index contributed by atoms with van der Waals surface area (Å²) < 4.78 is 59.0. The first-order valence-corrected chi connectivity index (χ1v) is 13.2. The number of ether oxygens (including phenoxy) is 1. The normalized spacial score (nSPS) is 20.7. The summed E-state index contributed by atoms with van der Waals surface area (Å²) >= 11 is 6.40. The van der Waals surface area contributed by atoms with Crippen LogP contribution in [-0.4, -0.2) is 94.3 Å². The smallest absolute Gasteiger partial charge is 0.365 e. The number of pyridine rings is 1. The van der Waals surface area contributed by atoms with Crippen LogP contribution in [0.15, 0.2) is 30.5 Å². The maximum absolute atomic E-state index is 14.7. The van der Waals surface area contributed by atoms with Crippen LogP contribution in [0.2, 0.25) is 5.02 Å². The van der Waals surface area contributed by atoms with E-state index < -0.39 is 48.4 Å². The number of hydrogen-bond donors (Lipinski definition) is 1. The second-order valence-electron chi connectivity index (χ2n) is 10.3.